The van der Waals surface area contributed by atoms with Gasteiger partial charge in [-0.25, -0.2) is 4.98 Å². The van der Waals surface area contributed by atoms with Gasteiger partial charge in [0.2, 0.25) is 0 Å². The van der Waals surface area contributed by atoms with E-state index in [1.54, 1.807) is 30.6 Å². The summed E-state index contributed by atoms with van der Waals surface area (Å²) in [6.45, 7) is 0. The first-order valence-corrected chi connectivity index (χ1v) is 8.38. The first-order chi connectivity index (χ1) is 11.1. The minimum atomic E-state index is -1.25. The molecule has 2 aromatic rings. The Labute approximate surface area is 142 Å². The lowest BCUT2D eigenvalue weighted by atomic mass is 10.1. The molecule has 0 radical (unpaired) electrons. The average molecular weight is 355 g/mol. The van der Waals surface area contributed by atoms with Crippen molar-refractivity contribution in [3.05, 3.63) is 41.8 Å². The van der Waals surface area contributed by atoms with E-state index in [-0.39, 0.29) is 10.9 Å². The van der Waals surface area contributed by atoms with Crippen LogP contribution in [0.4, 0.5) is 0 Å². The third-order valence-corrected chi connectivity index (χ3v) is 4.98. The lowest BCUT2D eigenvalue weighted by molar-refractivity contribution is -0.0786. The zero-order valence-corrected chi connectivity index (χ0v) is 13.5. The molecule has 3 N–H and O–H groups in total. The molecular formula is C15H15ClN2O4S. The molecule has 0 aliphatic carbocycles. The van der Waals surface area contributed by atoms with Crippen molar-refractivity contribution < 1.29 is 20.1 Å². The molecule has 0 amide bonds. The van der Waals surface area contributed by atoms with E-state index in [2.05, 4.69) is 9.97 Å². The summed E-state index contributed by atoms with van der Waals surface area (Å²) in [7, 11) is 0. The van der Waals surface area contributed by atoms with Crippen molar-refractivity contribution in [2.45, 2.75) is 23.7 Å². The molecule has 122 valence electrons. The Morgan fingerprint density at radius 1 is 1.17 bits per heavy atom. The van der Waals surface area contributed by atoms with Crippen molar-refractivity contribution in [2.75, 3.05) is 5.75 Å². The highest BCUT2D eigenvalue weighted by molar-refractivity contribution is 7.99. The molecule has 1 saturated heterocycles. The molecule has 0 bridgehead atoms. The zero-order chi connectivity index (χ0) is 16.4. The second kappa shape index (κ2) is 7.02. The summed E-state index contributed by atoms with van der Waals surface area (Å²) in [6.07, 6.45) is -0.0846. The van der Waals surface area contributed by atoms with Gasteiger partial charge < -0.3 is 20.1 Å². The second-order valence-electron chi connectivity index (χ2n) is 5.10. The third-order valence-electron chi connectivity index (χ3n) is 3.47. The number of thioether (sulfide) groups is 1. The predicted molar refractivity (Wildman–Crippen MR) is 87.4 cm³/mol. The van der Waals surface area contributed by atoms with Crippen LogP contribution in [0, 0.1) is 0 Å². The monoisotopic (exact) mass is 354 g/mol. The standard InChI is InChI=1S/C15H15ClN2O4S/c16-14-11(22-15-13(21)12(20)10(19)7-23-15)4-3-9(18-14)8-2-1-5-17-6-8/h1-6,10,12-13,15,19-21H,7H2/t10-,12+,13-,15-/m1/s1. The number of rotatable bonds is 3. The van der Waals surface area contributed by atoms with Crippen molar-refractivity contribution in [3.8, 4) is 17.0 Å². The van der Waals surface area contributed by atoms with Gasteiger partial charge in [-0.1, -0.05) is 11.6 Å². The number of hydrogen-bond donors (Lipinski definition) is 3. The number of hydrogen-bond acceptors (Lipinski definition) is 7. The number of nitrogens with zero attached hydrogens (tertiary/aromatic N) is 2. The lowest BCUT2D eigenvalue weighted by Gasteiger charge is -2.34. The molecule has 4 atom stereocenters. The highest BCUT2D eigenvalue weighted by Crippen LogP contribution is 2.33. The number of pyridine rings is 2. The Morgan fingerprint density at radius 2 is 2.00 bits per heavy atom. The van der Waals surface area contributed by atoms with Crippen LogP contribution in [0.1, 0.15) is 0 Å². The van der Waals surface area contributed by atoms with E-state index < -0.39 is 23.7 Å². The van der Waals surface area contributed by atoms with Crippen LogP contribution in [0.15, 0.2) is 36.7 Å². The van der Waals surface area contributed by atoms with Gasteiger partial charge in [-0.2, -0.15) is 0 Å². The van der Waals surface area contributed by atoms with Crippen LogP contribution in [0.25, 0.3) is 11.3 Å². The van der Waals surface area contributed by atoms with Gasteiger partial charge in [0.1, 0.15) is 12.2 Å². The van der Waals surface area contributed by atoms with Gasteiger partial charge in [0.25, 0.3) is 0 Å². The largest absolute Gasteiger partial charge is 0.474 e. The highest BCUT2D eigenvalue weighted by Gasteiger charge is 2.38. The predicted octanol–water partition coefficient (Wildman–Crippen LogP) is 1.33. The fourth-order valence-corrected chi connectivity index (χ4v) is 3.51. The Hall–Kier alpha value is -1.38. The van der Waals surface area contributed by atoms with E-state index in [9.17, 15) is 15.3 Å². The highest BCUT2D eigenvalue weighted by atomic mass is 35.5. The van der Waals surface area contributed by atoms with Gasteiger partial charge in [-0.3, -0.25) is 4.98 Å². The minimum Gasteiger partial charge on any atom is -0.474 e. The Morgan fingerprint density at radius 3 is 2.70 bits per heavy atom. The van der Waals surface area contributed by atoms with Gasteiger partial charge in [-0.15, -0.1) is 11.8 Å². The molecule has 1 aliphatic heterocycles. The molecule has 2 aromatic heterocycles. The van der Waals surface area contributed by atoms with Crippen LogP contribution >= 0.6 is 23.4 Å². The number of aromatic nitrogens is 2. The fourth-order valence-electron chi connectivity index (χ4n) is 2.19. The Bertz CT molecular complexity index is 676. The van der Waals surface area contributed by atoms with Crippen molar-refractivity contribution in [1.29, 1.82) is 0 Å². The third kappa shape index (κ3) is 3.59. The molecule has 8 heteroatoms. The van der Waals surface area contributed by atoms with Crippen molar-refractivity contribution in [1.82, 2.24) is 9.97 Å². The molecular weight excluding hydrogens is 340 g/mol. The SMILES string of the molecule is O[C@@H]1[C@@H](O)[C@H](Oc2ccc(-c3cccnc3)nc2Cl)SC[C@H]1O. The van der Waals surface area contributed by atoms with Crippen molar-refractivity contribution in [2.24, 2.45) is 0 Å². The summed E-state index contributed by atoms with van der Waals surface area (Å²) in [6, 6.07) is 7.06. The zero-order valence-electron chi connectivity index (χ0n) is 11.9. The van der Waals surface area contributed by atoms with E-state index in [4.69, 9.17) is 16.3 Å². The van der Waals surface area contributed by atoms with Crippen LogP contribution in [0.5, 0.6) is 5.75 Å². The molecule has 23 heavy (non-hydrogen) atoms. The maximum atomic E-state index is 9.97. The lowest BCUT2D eigenvalue weighted by Crippen LogP contribution is -2.50. The number of aliphatic hydroxyl groups excluding tert-OH is 3. The first-order valence-electron chi connectivity index (χ1n) is 6.95. The second-order valence-corrected chi connectivity index (χ2v) is 6.58. The molecule has 3 rings (SSSR count). The van der Waals surface area contributed by atoms with Crippen LogP contribution in [0.3, 0.4) is 0 Å². The normalized spacial score (nSPS) is 27.7. The van der Waals surface area contributed by atoms with E-state index >= 15 is 0 Å². The Balaban J connectivity index is 1.77. The number of halogens is 1. The smallest absolute Gasteiger partial charge is 0.173 e. The molecule has 0 saturated carbocycles. The van der Waals surface area contributed by atoms with E-state index in [0.717, 1.165) is 5.56 Å². The summed E-state index contributed by atoms with van der Waals surface area (Å²) >= 11 is 7.36. The quantitative estimate of drug-likeness (QED) is 0.715. The molecule has 3 heterocycles. The summed E-state index contributed by atoms with van der Waals surface area (Å²) in [5, 5.41) is 29.3. The van der Waals surface area contributed by atoms with Gasteiger partial charge in [0.05, 0.1) is 11.8 Å². The maximum Gasteiger partial charge on any atom is 0.173 e. The first kappa shape index (κ1) is 16.5. The summed E-state index contributed by atoms with van der Waals surface area (Å²) in [4.78, 5) is 8.30. The molecule has 1 aliphatic rings. The molecule has 0 unspecified atom stereocenters. The molecule has 0 spiro atoms. The summed E-state index contributed by atoms with van der Waals surface area (Å²) in [5.74, 6) is 0.571. The topological polar surface area (TPSA) is 95.7 Å². The maximum absolute atomic E-state index is 9.97. The van der Waals surface area contributed by atoms with Crippen LogP contribution in [-0.2, 0) is 0 Å². The van der Waals surface area contributed by atoms with E-state index in [1.807, 2.05) is 6.07 Å². The Kier molecular flexibility index (Phi) is 5.03. The number of ether oxygens (including phenoxy) is 1. The van der Waals surface area contributed by atoms with Gasteiger partial charge in [0.15, 0.2) is 16.3 Å². The average Bonchev–Trinajstić information content (AvgIpc) is 2.57. The van der Waals surface area contributed by atoms with Crippen molar-refractivity contribution >= 4 is 23.4 Å². The van der Waals surface area contributed by atoms with Gasteiger partial charge >= 0.3 is 0 Å². The van der Waals surface area contributed by atoms with Crippen LogP contribution < -0.4 is 4.74 Å². The van der Waals surface area contributed by atoms with Gasteiger partial charge in [0, 0.05) is 23.7 Å². The molecule has 6 nitrogen and oxygen atoms in total. The van der Waals surface area contributed by atoms with E-state index in [1.165, 1.54) is 11.8 Å². The van der Waals surface area contributed by atoms with Crippen LogP contribution in [0.2, 0.25) is 5.15 Å². The van der Waals surface area contributed by atoms with Crippen LogP contribution in [-0.4, -0.2) is 54.8 Å². The van der Waals surface area contributed by atoms with E-state index in [0.29, 0.717) is 11.4 Å². The molecule has 0 aromatic carbocycles. The number of aliphatic hydroxyl groups is 3. The molecule has 1 fully saturated rings. The van der Waals surface area contributed by atoms with Crippen molar-refractivity contribution in [3.63, 3.8) is 0 Å². The van der Waals surface area contributed by atoms with Gasteiger partial charge in [-0.05, 0) is 24.3 Å². The summed E-state index contributed by atoms with van der Waals surface area (Å²) in [5.41, 5.74) is 0.756. The summed E-state index contributed by atoms with van der Waals surface area (Å²) < 4.78 is 5.64. The minimum absolute atomic E-state index is 0.153. The fraction of sp³-hybridized carbons (Fsp3) is 0.333.